The monoisotopic (exact) mass is 245 g/mol. The van der Waals surface area contributed by atoms with Crippen molar-refractivity contribution in [2.75, 3.05) is 18.0 Å². The van der Waals surface area contributed by atoms with Gasteiger partial charge in [-0.15, -0.1) is 0 Å². The predicted octanol–water partition coefficient (Wildman–Crippen LogP) is 3.50. The molecule has 1 heterocycles. The fourth-order valence-electron chi connectivity index (χ4n) is 2.84. The van der Waals surface area contributed by atoms with E-state index >= 15 is 0 Å². The molecule has 0 spiro atoms. The fourth-order valence-corrected chi connectivity index (χ4v) is 2.84. The summed E-state index contributed by atoms with van der Waals surface area (Å²) >= 11 is 0. The van der Waals surface area contributed by atoms with Gasteiger partial charge in [0.05, 0.1) is 0 Å². The Balaban J connectivity index is 2.06. The van der Waals surface area contributed by atoms with Crippen LogP contribution < -0.4 is 4.90 Å². The zero-order chi connectivity index (χ0) is 13.1. The van der Waals surface area contributed by atoms with Crippen LogP contribution in [0.5, 0.6) is 0 Å². The van der Waals surface area contributed by atoms with Crippen molar-refractivity contribution in [2.45, 2.75) is 40.0 Å². The predicted molar refractivity (Wildman–Crippen MR) is 76.2 cm³/mol. The van der Waals surface area contributed by atoms with E-state index in [2.05, 4.69) is 43.9 Å². The topological polar surface area (TPSA) is 20.3 Å². The number of anilines is 1. The Hall–Kier alpha value is -1.31. The Kier molecular flexibility index (Phi) is 4.05. The van der Waals surface area contributed by atoms with E-state index in [0.29, 0.717) is 5.78 Å². The average molecular weight is 245 g/mol. The molecule has 2 rings (SSSR count). The molecule has 18 heavy (non-hydrogen) atoms. The van der Waals surface area contributed by atoms with Gasteiger partial charge in [0, 0.05) is 31.1 Å². The maximum atomic E-state index is 11.9. The van der Waals surface area contributed by atoms with Crippen LogP contribution in [0.15, 0.2) is 18.2 Å². The number of carbonyl (C=O) groups is 1. The highest BCUT2D eigenvalue weighted by molar-refractivity contribution is 5.82. The molecule has 0 aromatic heterocycles. The quantitative estimate of drug-likeness (QED) is 0.809. The molecule has 1 aliphatic heterocycles. The van der Waals surface area contributed by atoms with Crippen LogP contribution in [-0.4, -0.2) is 18.9 Å². The second kappa shape index (κ2) is 5.55. The Morgan fingerprint density at radius 2 is 1.94 bits per heavy atom. The molecule has 1 saturated heterocycles. The van der Waals surface area contributed by atoms with Crippen molar-refractivity contribution >= 4 is 11.5 Å². The van der Waals surface area contributed by atoms with Gasteiger partial charge in [-0.3, -0.25) is 4.79 Å². The molecule has 2 nitrogen and oxygen atoms in total. The first-order chi connectivity index (χ1) is 8.60. The molecule has 1 fully saturated rings. The SMILES string of the molecule is CCCC(=O)C1CCN(c2cc(C)cc(C)c2)C1. The summed E-state index contributed by atoms with van der Waals surface area (Å²) in [7, 11) is 0. The minimum Gasteiger partial charge on any atom is -0.371 e. The van der Waals surface area contributed by atoms with Crippen molar-refractivity contribution in [2.24, 2.45) is 5.92 Å². The number of nitrogens with zero attached hydrogens (tertiary/aromatic N) is 1. The summed E-state index contributed by atoms with van der Waals surface area (Å²) in [4.78, 5) is 14.3. The maximum Gasteiger partial charge on any atom is 0.137 e. The van der Waals surface area contributed by atoms with E-state index < -0.39 is 0 Å². The number of carbonyl (C=O) groups excluding carboxylic acids is 1. The molecular formula is C16H23NO. The second-order valence-corrected chi connectivity index (χ2v) is 5.49. The average Bonchev–Trinajstić information content (AvgIpc) is 2.77. The summed E-state index contributed by atoms with van der Waals surface area (Å²) in [6.07, 6.45) is 2.73. The van der Waals surface area contributed by atoms with Gasteiger partial charge in [0.1, 0.15) is 5.78 Å². The van der Waals surface area contributed by atoms with E-state index in [-0.39, 0.29) is 5.92 Å². The number of hydrogen-bond acceptors (Lipinski definition) is 2. The van der Waals surface area contributed by atoms with Crippen LogP contribution in [0.1, 0.15) is 37.3 Å². The lowest BCUT2D eigenvalue weighted by atomic mass is 10.00. The lowest BCUT2D eigenvalue weighted by molar-refractivity contribution is -0.122. The minimum atomic E-state index is 0.255. The van der Waals surface area contributed by atoms with Gasteiger partial charge in [-0.1, -0.05) is 13.0 Å². The number of Topliss-reactive ketones (excluding diaryl/α,β-unsaturated/α-hetero) is 1. The van der Waals surface area contributed by atoms with Crippen LogP contribution in [0.2, 0.25) is 0 Å². The third-order valence-corrected chi connectivity index (χ3v) is 3.71. The summed E-state index contributed by atoms with van der Waals surface area (Å²) in [6.45, 7) is 8.26. The molecule has 1 aromatic rings. The normalized spacial score (nSPS) is 19.3. The first-order valence-electron chi connectivity index (χ1n) is 6.96. The molecule has 1 atom stereocenters. The van der Waals surface area contributed by atoms with E-state index in [1.54, 1.807) is 0 Å². The third kappa shape index (κ3) is 2.92. The molecule has 98 valence electrons. The molecule has 0 radical (unpaired) electrons. The van der Waals surface area contributed by atoms with Gasteiger partial charge in [-0.25, -0.2) is 0 Å². The smallest absolute Gasteiger partial charge is 0.137 e. The van der Waals surface area contributed by atoms with E-state index in [1.165, 1.54) is 16.8 Å². The highest BCUT2D eigenvalue weighted by atomic mass is 16.1. The van der Waals surface area contributed by atoms with Crippen LogP contribution in [0.4, 0.5) is 5.69 Å². The summed E-state index contributed by atoms with van der Waals surface area (Å²) in [5.41, 5.74) is 3.88. The van der Waals surface area contributed by atoms with Gasteiger partial charge in [0.25, 0.3) is 0 Å². The highest BCUT2D eigenvalue weighted by Crippen LogP contribution is 2.26. The molecule has 1 aromatic carbocycles. The molecular weight excluding hydrogens is 222 g/mol. The van der Waals surface area contributed by atoms with Crippen molar-refractivity contribution in [3.8, 4) is 0 Å². The van der Waals surface area contributed by atoms with Crippen molar-refractivity contribution in [1.29, 1.82) is 0 Å². The largest absolute Gasteiger partial charge is 0.371 e. The molecule has 0 amide bonds. The van der Waals surface area contributed by atoms with E-state index in [9.17, 15) is 4.79 Å². The number of hydrogen-bond donors (Lipinski definition) is 0. The summed E-state index contributed by atoms with van der Waals surface area (Å²) in [6, 6.07) is 6.64. The molecule has 1 aliphatic rings. The zero-order valence-electron chi connectivity index (χ0n) is 11.7. The van der Waals surface area contributed by atoms with Crippen LogP contribution in [0.3, 0.4) is 0 Å². The second-order valence-electron chi connectivity index (χ2n) is 5.49. The Morgan fingerprint density at radius 1 is 1.28 bits per heavy atom. The van der Waals surface area contributed by atoms with Crippen LogP contribution in [0.25, 0.3) is 0 Å². The summed E-state index contributed by atoms with van der Waals surface area (Å²) < 4.78 is 0. The number of aryl methyl sites for hydroxylation is 2. The van der Waals surface area contributed by atoms with E-state index in [1.807, 2.05) is 0 Å². The van der Waals surface area contributed by atoms with Gasteiger partial charge < -0.3 is 4.90 Å². The first-order valence-corrected chi connectivity index (χ1v) is 6.96. The van der Waals surface area contributed by atoms with Crippen molar-refractivity contribution in [3.63, 3.8) is 0 Å². The first kappa shape index (κ1) is 13.1. The standard InChI is InChI=1S/C16H23NO/c1-4-5-16(18)14-6-7-17(11-14)15-9-12(2)8-13(3)10-15/h8-10,14H,4-7,11H2,1-3H3. The molecule has 2 heteroatoms. The van der Waals surface area contributed by atoms with E-state index in [4.69, 9.17) is 0 Å². The lowest BCUT2D eigenvalue weighted by Gasteiger charge is -2.19. The Morgan fingerprint density at radius 3 is 2.56 bits per heavy atom. The zero-order valence-corrected chi connectivity index (χ0v) is 11.7. The minimum absolute atomic E-state index is 0.255. The van der Waals surface area contributed by atoms with Gasteiger partial charge in [0.15, 0.2) is 0 Å². The maximum absolute atomic E-state index is 11.9. The fraction of sp³-hybridized carbons (Fsp3) is 0.562. The Labute approximate surface area is 110 Å². The number of rotatable bonds is 4. The van der Waals surface area contributed by atoms with Gasteiger partial charge >= 0.3 is 0 Å². The third-order valence-electron chi connectivity index (χ3n) is 3.71. The van der Waals surface area contributed by atoms with Gasteiger partial charge in [0.2, 0.25) is 0 Å². The van der Waals surface area contributed by atoms with Gasteiger partial charge in [-0.05, 0) is 49.9 Å². The molecule has 0 N–H and O–H groups in total. The van der Waals surface area contributed by atoms with Crippen LogP contribution in [-0.2, 0) is 4.79 Å². The van der Waals surface area contributed by atoms with Gasteiger partial charge in [-0.2, -0.15) is 0 Å². The molecule has 0 aliphatic carbocycles. The number of benzene rings is 1. The summed E-state index contributed by atoms with van der Waals surface area (Å²) in [5.74, 6) is 0.704. The van der Waals surface area contributed by atoms with Crippen molar-refractivity contribution in [3.05, 3.63) is 29.3 Å². The highest BCUT2D eigenvalue weighted by Gasteiger charge is 2.27. The molecule has 0 saturated carbocycles. The van der Waals surface area contributed by atoms with Crippen molar-refractivity contribution < 1.29 is 4.79 Å². The molecule has 0 bridgehead atoms. The Bertz CT molecular complexity index is 418. The number of ketones is 1. The lowest BCUT2D eigenvalue weighted by Crippen LogP contribution is -2.22. The van der Waals surface area contributed by atoms with Crippen LogP contribution >= 0.6 is 0 Å². The van der Waals surface area contributed by atoms with E-state index in [0.717, 1.165) is 32.4 Å². The molecule has 1 unspecified atom stereocenters. The summed E-state index contributed by atoms with van der Waals surface area (Å²) in [5, 5.41) is 0. The van der Waals surface area contributed by atoms with Crippen molar-refractivity contribution in [1.82, 2.24) is 0 Å². The van der Waals surface area contributed by atoms with Crippen LogP contribution in [0, 0.1) is 19.8 Å².